The summed E-state index contributed by atoms with van der Waals surface area (Å²) in [5.74, 6) is 0. The summed E-state index contributed by atoms with van der Waals surface area (Å²) in [5, 5.41) is 0. The third-order valence-corrected chi connectivity index (χ3v) is 3.84. The smallest absolute Gasteiger partial charge is 0.116 e. The van der Waals surface area contributed by atoms with E-state index in [9.17, 15) is 0 Å². The second kappa shape index (κ2) is 4.94. The summed E-state index contributed by atoms with van der Waals surface area (Å²) >= 11 is 0. The molecule has 2 aliphatic rings. The molecule has 2 aliphatic heterocycles. The van der Waals surface area contributed by atoms with Crippen LogP contribution in [-0.4, -0.2) is 31.2 Å². The maximum atomic E-state index is 4.20. The Kier molecular flexibility index (Phi) is 3.16. The van der Waals surface area contributed by atoms with Gasteiger partial charge >= 0.3 is 0 Å². The fraction of sp³-hybridized carbons (Fsp3) is 0.643. The number of hydrogen-bond donors (Lipinski definition) is 0. The molecule has 0 bridgehead atoms. The van der Waals surface area contributed by atoms with E-state index in [-0.39, 0.29) is 0 Å². The van der Waals surface area contributed by atoms with E-state index in [1.807, 2.05) is 6.20 Å². The first kappa shape index (κ1) is 10.9. The summed E-state index contributed by atoms with van der Waals surface area (Å²) in [4.78, 5) is 9.15. The van der Waals surface area contributed by atoms with Crippen molar-refractivity contribution in [3.05, 3.63) is 18.5 Å². The third kappa shape index (κ3) is 2.24. The predicted molar refractivity (Wildman–Crippen MR) is 70.6 cm³/mol. The number of rotatable bonds is 2. The van der Waals surface area contributed by atoms with Crippen LogP contribution in [0.1, 0.15) is 32.1 Å². The first-order valence-corrected chi connectivity index (χ1v) is 6.82. The molecule has 91 valence electrons. The summed E-state index contributed by atoms with van der Waals surface area (Å²) in [5.41, 5.74) is 2.58. The molecule has 0 aliphatic carbocycles. The van der Waals surface area contributed by atoms with Crippen molar-refractivity contribution in [2.45, 2.75) is 32.1 Å². The number of nitrogens with zero attached hydrogens (tertiary/aromatic N) is 3. The first-order valence-electron chi connectivity index (χ1n) is 6.82. The van der Waals surface area contributed by atoms with Crippen LogP contribution in [0.4, 0.5) is 11.4 Å². The van der Waals surface area contributed by atoms with Gasteiger partial charge in [0.1, 0.15) is 6.20 Å². The fourth-order valence-corrected chi connectivity index (χ4v) is 2.91. The number of pyridine rings is 1. The van der Waals surface area contributed by atoms with Gasteiger partial charge < -0.3 is 9.80 Å². The largest absolute Gasteiger partial charge is 0.370 e. The second-order valence-corrected chi connectivity index (χ2v) is 5.03. The summed E-state index contributed by atoms with van der Waals surface area (Å²) in [6, 6.07) is 2.16. The van der Waals surface area contributed by atoms with Gasteiger partial charge in [-0.2, -0.15) is 0 Å². The summed E-state index contributed by atoms with van der Waals surface area (Å²) in [6.07, 6.45) is 11.7. The minimum absolute atomic E-state index is 1.17. The molecular formula is C14H20N3. The Morgan fingerprint density at radius 3 is 2.29 bits per heavy atom. The van der Waals surface area contributed by atoms with Crippen molar-refractivity contribution in [1.29, 1.82) is 0 Å². The Hall–Kier alpha value is -1.25. The van der Waals surface area contributed by atoms with Crippen molar-refractivity contribution in [3.8, 4) is 0 Å². The Morgan fingerprint density at radius 1 is 0.882 bits per heavy atom. The molecule has 0 aromatic carbocycles. The lowest BCUT2D eigenvalue weighted by Crippen LogP contribution is -2.31. The van der Waals surface area contributed by atoms with Gasteiger partial charge in [0, 0.05) is 32.4 Å². The average Bonchev–Trinajstić information content (AvgIpc) is 2.94. The van der Waals surface area contributed by atoms with Crippen LogP contribution in [0.5, 0.6) is 0 Å². The van der Waals surface area contributed by atoms with Crippen LogP contribution in [0.25, 0.3) is 0 Å². The van der Waals surface area contributed by atoms with E-state index in [0.717, 1.165) is 0 Å². The van der Waals surface area contributed by atoms with Crippen molar-refractivity contribution >= 4 is 11.4 Å². The van der Waals surface area contributed by atoms with Crippen LogP contribution < -0.4 is 9.80 Å². The average molecular weight is 230 g/mol. The first-order chi connectivity index (χ1) is 8.45. The SMILES string of the molecule is [c]1nccc(N2CCCC2)c1N1CCCCC1. The van der Waals surface area contributed by atoms with E-state index in [1.54, 1.807) is 0 Å². The van der Waals surface area contributed by atoms with Gasteiger partial charge in [0.2, 0.25) is 0 Å². The highest BCUT2D eigenvalue weighted by Crippen LogP contribution is 2.31. The third-order valence-electron chi connectivity index (χ3n) is 3.84. The molecule has 2 fully saturated rings. The lowest BCUT2D eigenvalue weighted by Gasteiger charge is -2.32. The molecule has 0 atom stereocenters. The molecule has 1 aromatic rings. The molecule has 3 rings (SSSR count). The van der Waals surface area contributed by atoms with Crippen LogP contribution >= 0.6 is 0 Å². The monoisotopic (exact) mass is 230 g/mol. The Labute approximate surface area is 103 Å². The molecule has 17 heavy (non-hydrogen) atoms. The highest BCUT2D eigenvalue weighted by Gasteiger charge is 2.20. The van der Waals surface area contributed by atoms with Gasteiger partial charge in [0.15, 0.2) is 0 Å². The van der Waals surface area contributed by atoms with Crippen LogP contribution in [0.15, 0.2) is 12.3 Å². The van der Waals surface area contributed by atoms with Gasteiger partial charge in [-0.25, -0.2) is 0 Å². The van der Waals surface area contributed by atoms with Crippen molar-refractivity contribution in [1.82, 2.24) is 4.98 Å². The maximum absolute atomic E-state index is 4.20. The zero-order chi connectivity index (χ0) is 11.5. The molecule has 1 radical (unpaired) electrons. The van der Waals surface area contributed by atoms with E-state index in [2.05, 4.69) is 27.0 Å². The number of piperidine rings is 1. The number of hydrogen-bond acceptors (Lipinski definition) is 3. The van der Waals surface area contributed by atoms with Crippen molar-refractivity contribution in [2.24, 2.45) is 0 Å². The molecule has 0 N–H and O–H groups in total. The van der Waals surface area contributed by atoms with E-state index >= 15 is 0 Å². The van der Waals surface area contributed by atoms with Gasteiger partial charge in [0.05, 0.1) is 11.4 Å². The minimum Gasteiger partial charge on any atom is -0.370 e. The van der Waals surface area contributed by atoms with Gasteiger partial charge in [-0.1, -0.05) is 0 Å². The molecule has 3 nitrogen and oxygen atoms in total. The number of aromatic nitrogens is 1. The van der Waals surface area contributed by atoms with Crippen LogP contribution in [0.3, 0.4) is 0 Å². The molecule has 0 spiro atoms. The summed E-state index contributed by atoms with van der Waals surface area (Å²) < 4.78 is 0. The standard InChI is InChI=1S/C14H20N3/c1-2-8-17(9-3-1)14-12-15-7-6-13(14)16-10-4-5-11-16/h6-7H,1-5,8-11H2. The molecule has 0 unspecified atom stereocenters. The number of anilines is 2. The molecular weight excluding hydrogens is 210 g/mol. The summed E-state index contributed by atoms with van der Waals surface area (Å²) in [6.45, 7) is 4.73. The van der Waals surface area contributed by atoms with E-state index in [0.29, 0.717) is 0 Å². The maximum Gasteiger partial charge on any atom is 0.116 e. The predicted octanol–water partition coefficient (Wildman–Crippen LogP) is 2.47. The minimum atomic E-state index is 1.17. The van der Waals surface area contributed by atoms with Gasteiger partial charge in [0.25, 0.3) is 0 Å². The van der Waals surface area contributed by atoms with Crippen LogP contribution in [0, 0.1) is 6.20 Å². The second-order valence-electron chi connectivity index (χ2n) is 5.03. The molecule has 0 amide bonds. The molecule has 0 saturated carbocycles. The topological polar surface area (TPSA) is 19.4 Å². The lowest BCUT2D eigenvalue weighted by atomic mass is 10.1. The zero-order valence-corrected chi connectivity index (χ0v) is 10.4. The zero-order valence-electron chi connectivity index (χ0n) is 10.4. The fourth-order valence-electron chi connectivity index (χ4n) is 2.91. The highest BCUT2D eigenvalue weighted by molar-refractivity contribution is 5.70. The van der Waals surface area contributed by atoms with Gasteiger partial charge in [-0.05, 0) is 38.2 Å². The highest BCUT2D eigenvalue weighted by atomic mass is 15.2. The van der Waals surface area contributed by atoms with Crippen LogP contribution in [-0.2, 0) is 0 Å². The molecule has 2 saturated heterocycles. The Balaban J connectivity index is 1.86. The molecule has 3 heteroatoms. The van der Waals surface area contributed by atoms with Crippen molar-refractivity contribution in [2.75, 3.05) is 36.0 Å². The van der Waals surface area contributed by atoms with E-state index < -0.39 is 0 Å². The van der Waals surface area contributed by atoms with Crippen LogP contribution in [0.2, 0.25) is 0 Å². The lowest BCUT2D eigenvalue weighted by molar-refractivity contribution is 0.577. The summed E-state index contributed by atoms with van der Waals surface area (Å²) in [7, 11) is 0. The molecule has 1 aromatic heterocycles. The van der Waals surface area contributed by atoms with E-state index in [1.165, 1.54) is 69.7 Å². The molecule has 3 heterocycles. The van der Waals surface area contributed by atoms with E-state index in [4.69, 9.17) is 0 Å². The Morgan fingerprint density at radius 2 is 1.53 bits per heavy atom. The van der Waals surface area contributed by atoms with Gasteiger partial charge in [-0.3, -0.25) is 4.98 Å². The van der Waals surface area contributed by atoms with Crippen molar-refractivity contribution in [3.63, 3.8) is 0 Å². The normalized spacial score (nSPS) is 20.9. The Bertz CT molecular complexity index is 365. The van der Waals surface area contributed by atoms with Gasteiger partial charge in [-0.15, -0.1) is 0 Å². The van der Waals surface area contributed by atoms with Crippen molar-refractivity contribution < 1.29 is 0 Å². The quantitative estimate of drug-likeness (QED) is 0.778.